The Morgan fingerprint density at radius 2 is 2.22 bits per heavy atom. The number of carbonyl (C=O) groups excluding carboxylic acids is 1. The number of nitrogens with zero attached hydrogens (tertiary/aromatic N) is 4. The molecule has 1 aliphatic rings. The zero-order valence-electron chi connectivity index (χ0n) is 13.0. The minimum atomic E-state index is -1.45. The van der Waals surface area contributed by atoms with Crippen molar-refractivity contribution in [1.82, 2.24) is 14.7 Å². The monoisotopic (exact) mass is 348 g/mol. The Morgan fingerprint density at radius 3 is 2.70 bits per heavy atom. The first-order chi connectivity index (χ1) is 10.6. The molecule has 0 bridgehead atoms. The van der Waals surface area contributed by atoms with Crippen LogP contribution in [0.2, 0.25) is 5.15 Å². The summed E-state index contributed by atoms with van der Waals surface area (Å²) in [5.41, 5.74) is -1.03. The molecule has 2 rings (SSSR count). The maximum Gasteiger partial charge on any atom is 0.410 e. The Bertz CT molecular complexity index is 616. The SMILES string of the molecule is CC(C)(C)OC(=O)N1CC[C@H](n2ncc([N+](=O)[O-])c2Cl)[C@H](F)C1. The van der Waals surface area contributed by atoms with Gasteiger partial charge in [0.25, 0.3) is 0 Å². The van der Waals surface area contributed by atoms with E-state index in [2.05, 4.69) is 5.10 Å². The largest absolute Gasteiger partial charge is 0.444 e. The number of alkyl halides is 1. The highest BCUT2D eigenvalue weighted by atomic mass is 35.5. The number of halogens is 2. The van der Waals surface area contributed by atoms with Crippen molar-refractivity contribution in [1.29, 1.82) is 0 Å². The molecule has 0 aromatic carbocycles. The van der Waals surface area contributed by atoms with Gasteiger partial charge in [-0.2, -0.15) is 5.10 Å². The lowest BCUT2D eigenvalue weighted by atomic mass is 10.0. The van der Waals surface area contributed by atoms with Gasteiger partial charge in [-0.15, -0.1) is 0 Å². The van der Waals surface area contributed by atoms with Crippen LogP contribution in [0.25, 0.3) is 0 Å². The number of hydrogen-bond acceptors (Lipinski definition) is 5. The molecule has 1 aromatic rings. The van der Waals surface area contributed by atoms with Crippen LogP contribution in [-0.2, 0) is 4.74 Å². The Hall–Kier alpha value is -1.90. The Morgan fingerprint density at radius 1 is 1.57 bits per heavy atom. The topological polar surface area (TPSA) is 90.5 Å². The second-order valence-corrected chi connectivity index (χ2v) is 6.68. The summed E-state index contributed by atoms with van der Waals surface area (Å²) >= 11 is 5.89. The first-order valence-electron chi connectivity index (χ1n) is 7.09. The Labute approximate surface area is 137 Å². The van der Waals surface area contributed by atoms with Crippen molar-refractivity contribution >= 4 is 23.4 Å². The lowest BCUT2D eigenvalue weighted by Gasteiger charge is -2.35. The third kappa shape index (κ3) is 3.90. The molecule has 0 saturated carbocycles. The number of carbonyl (C=O) groups is 1. The van der Waals surface area contributed by atoms with Gasteiger partial charge < -0.3 is 9.64 Å². The number of likely N-dealkylation sites (tertiary alicyclic amines) is 1. The summed E-state index contributed by atoms with van der Waals surface area (Å²) in [5, 5.41) is 14.4. The molecule has 1 fully saturated rings. The molecule has 1 saturated heterocycles. The van der Waals surface area contributed by atoms with Gasteiger partial charge in [0.2, 0.25) is 5.15 Å². The summed E-state index contributed by atoms with van der Waals surface area (Å²) in [6.07, 6.45) is -0.807. The highest BCUT2D eigenvalue weighted by Crippen LogP contribution is 2.32. The fourth-order valence-corrected chi connectivity index (χ4v) is 2.64. The predicted molar refractivity (Wildman–Crippen MR) is 80.2 cm³/mol. The van der Waals surface area contributed by atoms with Crippen LogP contribution in [0.5, 0.6) is 0 Å². The first kappa shape index (κ1) is 17.5. The van der Waals surface area contributed by atoms with Gasteiger partial charge in [0, 0.05) is 6.54 Å². The van der Waals surface area contributed by atoms with Gasteiger partial charge in [0.15, 0.2) is 0 Å². The first-order valence-corrected chi connectivity index (χ1v) is 7.47. The van der Waals surface area contributed by atoms with Crippen molar-refractivity contribution < 1.29 is 18.8 Å². The average molecular weight is 349 g/mol. The molecule has 0 N–H and O–H groups in total. The third-order valence-corrected chi connectivity index (χ3v) is 3.75. The van der Waals surface area contributed by atoms with E-state index in [9.17, 15) is 19.3 Å². The van der Waals surface area contributed by atoms with E-state index >= 15 is 0 Å². The van der Waals surface area contributed by atoms with Crippen molar-refractivity contribution in [2.45, 2.75) is 45.0 Å². The van der Waals surface area contributed by atoms with Crippen LogP contribution in [0.15, 0.2) is 6.20 Å². The fourth-order valence-electron chi connectivity index (χ4n) is 2.35. The number of amides is 1. The Kier molecular flexibility index (Phi) is 4.79. The molecule has 0 spiro atoms. The second-order valence-electron chi connectivity index (χ2n) is 6.32. The van der Waals surface area contributed by atoms with Gasteiger partial charge >= 0.3 is 11.8 Å². The van der Waals surface area contributed by atoms with Gasteiger partial charge in [-0.3, -0.25) is 10.1 Å². The number of aromatic nitrogens is 2. The maximum atomic E-state index is 14.4. The van der Waals surface area contributed by atoms with Crippen LogP contribution in [0.4, 0.5) is 14.9 Å². The van der Waals surface area contributed by atoms with Crippen LogP contribution >= 0.6 is 11.6 Å². The lowest BCUT2D eigenvalue weighted by molar-refractivity contribution is -0.384. The fraction of sp³-hybridized carbons (Fsp3) is 0.692. The predicted octanol–water partition coefficient (Wildman–Crippen LogP) is 2.96. The van der Waals surface area contributed by atoms with Crippen LogP contribution in [0.3, 0.4) is 0 Å². The number of nitro groups is 1. The molecule has 2 heterocycles. The second kappa shape index (κ2) is 6.31. The van der Waals surface area contributed by atoms with E-state index in [0.29, 0.717) is 0 Å². The lowest BCUT2D eigenvalue weighted by Crippen LogP contribution is -2.47. The molecule has 0 radical (unpaired) electrons. The minimum Gasteiger partial charge on any atom is -0.444 e. The van der Waals surface area contributed by atoms with E-state index in [-0.39, 0.29) is 30.4 Å². The summed E-state index contributed by atoms with van der Waals surface area (Å²) in [4.78, 5) is 23.3. The zero-order valence-corrected chi connectivity index (χ0v) is 13.8. The van der Waals surface area contributed by atoms with Crippen molar-refractivity contribution in [2.24, 2.45) is 0 Å². The molecular formula is C13H18ClFN4O4. The van der Waals surface area contributed by atoms with E-state index in [1.807, 2.05) is 0 Å². The molecule has 1 aromatic heterocycles. The van der Waals surface area contributed by atoms with Crippen molar-refractivity contribution in [3.05, 3.63) is 21.5 Å². The van der Waals surface area contributed by atoms with Gasteiger partial charge in [-0.1, -0.05) is 11.6 Å². The van der Waals surface area contributed by atoms with Crippen LogP contribution in [-0.4, -0.2) is 50.6 Å². The maximum absolute atomic E-state index is 14.4. The number of piperidine rings is 1. The van der Waals surface area contributed by atoms with Crippen LogP contribution in [0, 0.1) is 10.1 Å². The number of rotatable bonds is 2. The molecule has 10 heteroatoms. The highest BCUT2D eigenvalue weighted by Gasteiger charge is 2.37. The molecule has 1 aliphatic heterocycles. The molecule has 2 atom stereocenters. The van der Waals surface area contributed by atoms with E-state index in [1.54, 1.807) is 20.8 Å². The van der Waals surface area contributed by atoms with Crippen LogP contribution < -0.4 is 0 Å². The molecule has 0 aliphatic carbocycles. The zero-order chi connectivity index (χ0) is 17.4. The van der Waals surface area contributed by atoms with E-state index in [0.717, 1.165) is 10.9 Å². The molecular weight excluding hydrogens is 331 g/mol. The number of ether oxygens (including phenoxy) is 1. The van der Waals surface area contributed by atoms with Gasteiger partial charge in [0.1, 0.15) is 18.0 Å². The van der Waals surface area contributed by atoms with Crippen LogP contribution in [0.1, 0.15) is 33.2 Å². The van der Waals surface area contributed by atoms with E-state index in [1.165, 1.54) is 4.90 Å². The smallest absolute Gasteiger partial charge is 0.410 e. The van der Waals surface area contributed by atoms with Gasteiger partial charge in [-0.05, 0) is 27.2 Å². The van der Waals surface area contributed by atoms with Crippen molar-refractivity contribution in [3.63, 3.8) is 0 Å². The summed E-state index contributed by atoms with van der Waals surface area (Å²) in [5.74, 6) is 0. The van der Waals surface area contributed by atoms with Crippen molar-refractivity contribution in [2.75, 3.05) is 13.1 Å². The van der Waals surface area contributed by atoms with Gasteiger partial charge in [0.05, 0.1) is 17.5 Å². The van der Waals surface area contributed by atoms with Crippen molar-refractivity contribution in [3.8, 4) is 0 Å². The summed E-state index contributed by atoms with van der Waals surface area (Å²) in [6.45, 7) is 5.27. The quantitative estimate of drug-likeness (QED) is 0.605. The summed E-state index contributed by atoms with van der Waals surface area (Å²) in [7, 11) is 0. The van der Waals surface area contributed by atoms with Gasteiger partial charge in [-0.25, -0.2) is 13.9 Å². The minimum absolute atomic E-state index is 0.177. The highest BCUT2D eigenvalue weighted by molar-refractivity contribution is 6.31. The normalized spacial score (nSPS) is 22.0. The summed E-state index contributed by atoms with van der Waals surface area (Å²) in [6, 6.07) is -0.755. The molecule has 23 heavy (non-hydrogen) atoms. The molecule has 128 valence electrons. The third-order valence-electron chi connectivity index (χ3n) is 3.39. The molecule has 8 nitrogen and oxygen atoms in total. The standard InChI is InChI=1S/C13H18ClFN4O4/c1-13(2,3)23-12(20)17-5-4-9(8(15)7-17)18-11(14)10(6-16-18)19(21)22/h6,8-9H,4-5,7H2,1-3H3/t8-,9+/m1/s1. The van der Waals surface area contributed by atoms with E-state index in [4.69, 9.17) is 16.3 Å². The molecule has 1 amide bonds. The average Bonchev–Trinajstić information content (AvgIpc) is 2.78. The Balaban J connectivity index is 2.07. The number of hydrogen-bond donors (Lipinski definition) is 0. The molecule has 0 unspecified atom stereocenters. The van der Waals surface area contributed by atoms with E-state index < -0.39 is 28.8 Å². The summed E-state index contributed by atoms with van der Waals surface area (Å²) < 4.78 is 20.7.